The summed E-state index contributed by atoms with van der Waals surface area (Å²) < 4.78 is 0. The molecular weight excluding hydrogens is 160 g/mol. The lowest BCUT2D eigenvalue weighted by molar-refractivity contribution is 0.528. The van der Waals surface area contributed by atoms with Gasteiger partial charge < -0.3 is 5.73 Å². The van der Waals surface area contributed by atoms with E-state index >= 15 is 0 Å². The molecule has 0 amide bonds. The lowest BCUT2D eigenvalue weighted by Gasteiger charge is -2.07. The van der Waals surface area contributed by atoms with E-state index in [9.17, 15) is 0 Å². The molecule has 0 aliphatic heterocycles. The lowest BCUT2D eigenvalue weighted by atomic mass is 10.0. The quantitative estimate of drug-likeness (QED) is 0.745. The molecule has 1 aliphatic carbocycles. The van der Waals surface area contributed by atoms with Crippen LogP contribution in [-0.4, -0.2) is 11.0 Å². The van der Waals surface area contributed by atoms with Gasteiger partial charge in [-0.05, 0) is 43.7 Å². The van der Waals surface area contributed by atoms with Crippen molar-refractivity contribution in [3.8, 4) is 0 Å². The van der Waals surface area contributed by atoms with Gasteiger partial charge in [0.25, 0.3) is 0 Å². The Hall–Kier alpha value is -0.890. The summed E-state index contributed by atoms with van der Waals surface area (Å²) in [7, 11) is 0. The molecule has 0 saturated heterocycles. The Morgan fingerprint density at radius 1 is 1.38 bits per heavy atom. The molecular formula is C11H16N2. The summed E-state index contributed by atoms with van der Waals surface area (Å²) >= 11 is 0. The van der Waals surface area contributed by atoms with E-state index in [2.05, 4.69) is 17.1 Å². The molecule has 1 heterocycles. The van der Waals surface area contributed by atoms with Crippen LogP contribution in [0.4, 0.5) is 0 Å². The van der Waals surface area contributed by atoms with Crippen molar-refractivity contribution in [1.82, 2.24) is 4.98 Å². The zero-order chi connectivity index (χ0) is 9.10. The molecule has 2 atom stereocenters. The van der Waals surface area contributed by atoms with Gasteiger partial charge in [-0.2, -0.15) is 0 Å². The second-order valence-corrected chi connectivity index (χ2v) is 3.96. The maximum absolute atomic E-state index is 5.86. The number of pyridine rings is 1. The lowest BCUT2D eigenvalue weighted by Crippen LogP contribution is -2.15. The van der Waals surface area contributed by atoms with Gasteiger partial charge in [-0.25, -0.2) is 0 Å². The van der Waals surface area contributed by atoms with E-state index in [0.29, 0.717) is 6.04 Å². The van der Waals surface area contributed by atoms with Crippen molar-refractivity contribution in [3.05, 3.63) is 30.1 Å². The van der Waals surface area contributed by atoms with Gasteiger partial charge in [0, 0.05) is 17.9 Å². The van der Waals surface area contributed by atoms with Crippen molar-refractivity contribution in [1.29, 1.82) is 0 Å². The fraction of sp³-hybridized carbons (Fsp3) is 0.545. The van der Waals surface area contributed by atoms with Crippen molar-refractivity contribution < 1.29 is 0 Å². The predicted molar refractivity (Wildman–Crippen MR) is 53.3 cm³/mol. The van der Waals surface area contributed by atoms with E-state index in [0.717, 1.165) is 12.3 Å². The highest BCUT2D eigenvalue weighted by Crippen LogP contribution is 2.26. The Kier molecular flexibility index (Phi) is 2.60. The van der Waals surface area contributed by atoms with E-state index < -0.39 is 0 Å². The third-order valence-corrected chi connectivity index (χ3v) is 2.81. The largest absolute Gasteiger partial charge is 0.328 e. The molecule has 2 heteroatoms. The van der Waals surface area contributed by atoms with Crippen LogP contribution < -0.4 is 5.73 Å². The molecule has 1 fully saturated rings. The van der Waals surface area contributed by atoms with Crippen molar-refractivity contribution >= 4 is 0 Å². The first-order valence-electron chi connectivity index (χ1n) is 5.00. The van der Waals surface area contributed by atoms with E-state index in [1.807, 2.05) is 12.3 Å². The highest BCUT2D eigenvalue weighted by Gasteiger charge is 2.21. The molecule has 0 spiro atoms. The Morgan fingerprint density at radius 2 is 2.31 bits per heavy atom. The third kappa shape index (κ3) is 2.28. The van der Waals surface area contributed by atoms with Crippen molar-refractivity contribution in [2.45, 2.75) is 31.7 Å². The molecule has 2 nitrogen and oxygen atoms in total. The van der Waals surface area contributed by atoms with Crippen molar-refractivity contribution in [3.63, 3.8) is 0 Å². The fourth-order valence-electron chi connectivity index (χ4n) is 2.11. The monoisotopic (exact) mass is 176 g/mol. The highest BCUT2D eigenvalue weighted by molar-refractivity contribution is 5.05. The van der Waals surface area contributed by atoms with Crippen LogP contribution in [0.5, 0.6) is 0 Å². The molecule has 1 aromatic rings. The standard InChI is InChI=1S/C11H16N2/c12-10-5-4-9(7-10)8-11-3-1-2-6-13-11/h1-3,6,9-10H,4-5,7-8,12H2. The van der Waals surface area contributed by atoms with Crippen LogP contribution >= 0.6 is 0 Å². The topological polar surface area (TPSA) is 38.9 Å². The molecule has 70 valence electrons. The number of hydrogen-bond donors (Lipinski definition) is 1. The van der Waals surface area contributed by atoms with Crippen LogP contribution in [0.3, 0.4) is 0 Å². The van der Waals surface area contributed by atoms with Gasteiger partial charge in [0.2, 0.25) is 0 Å². The van der Waals surface area contributed by atoms with Crippen LogP contribution in [0.1, 0.15) is 25.0 Å². The van der Waals surface area contributed by atoms with Crippen molar-refractivity contribution in [2.75, 3.05) is 0 Å². The summed E-state index contributed by atoms with van der Waals surface area (Å²) in [5, 5.41) is 0. The molecule has 0 radical (unpaired) electrons. The Morgan fingerprint density at radius 3 is 2.92 bits per heavy atom. The number of aromatic nitrogens is 1. The Labute approximate surface area is 79.2 Å². The molecule has 0 aromatic carbocycles. The number of nitrogens with zero attached hydrogens (tertiary/aromatic N) is 1. The second kappa shape index (κ2) is 3.88. The highest BCUT2D eigenvalue weighted by atomic mass is 14.7. The first-order chi connectivity index (χ1) is 6.34. The van der Waals surface area contributed by atoms with Gasteiger partial charge in [-0.1, -0.05) is 6.07 Å². The zero-order valence-electron chi connectivity index (χ0n) is 7.82. The van der Waals surface area contributed by atoms with Gasteiger partial charge in [0.05, 0.1) is 0 Å². The average molecular weight is 176 g/mol. The van der Waals surface area contributed by atoms with Gasteiger partial charge in [0.1, 0.15) is 0 Å². The van der Waals surface area contributed by atoms with Crippen LogP contribution in [-0.2, 0) is 6.42 Å². The first-order valence-corrected chi connectivity index (χ1v) is 5.00. The summed E-state index contributed by atoms with van der Waals surface area (Å²) in [6.07, 6.45) is 6.62. The normalized spacial score (nSPS) is 27.8. The van der Waals surface area contributed by atoms with Crippen LogP contribution in [0.25, 0.3) is 0 Å². The second-order valence-electron chi connectivity index (χ2n) is 3.96. The predicted octanol–water partition coefficient (Wildman–Crippen LogP) is 1.75. The molecule has 2 N–H and O–H groups in total. The molecule has 1 saturated carbocycles. The molecule has 0 bridgehead atoms. The minimum atomic E-state index is 0.439. The van der Waals surface area contributed by atoms with Gasteiger partial charge in [-0.15, -0.1) is 0 Å². The average Bonchev–Trinajstić information content (AvgIpc) is 2.53. The van der Waals surface area contributed by atoms with E-state index in [-0.39, 0.29) is 0 Å². The van der Waals surface area contributed by atoms with E-state index in [1.165, 1.54) is 25.0 Å². The first kappa shape index (κ1) is 8.70. The molecule has 1 aliphatic rings. The van der Waals surface area contributed by atoms with Crippen LogP contribution in [0.2, 0.25) is 0 Å². The van der Waals surface area contributed by atoms with Crippen molar-refractivity contribution in [2.24, 2.45) is 11.7 Å². The maximum Gasteiger partial charge on any atom is 0.0406 e. The summed E-state index contributed by atoms with van der Waals surface area (Å²) in [5.74, 6) is 0.768. The summed E-state index contributed by atoms with van der Waals surface area (Å²) in [6.45, 7) is 0. The third-order valence-electron chi connectivity index (χ3n) is 2.81. The summed E-state index contributed by atoms with van der Waals surface area (Å²) in [4.78, 5) is 4.33. The number of nitrogens with two attached hydrogens (primary N) is 1. The fourth-order valence-corrected chi connectivity index (χ4v) is 2.11. The minimum absolute atomic E-state index is 0.439. The van der Waals surface area contributed by atoms with Gasteiger partial charge in [0.15, 0.2) is 0 Å². The maximum atomic E-state index is 5.86. The Bertz CT molecular complexity index is 258. The minimum Gasteiger partial charge on any atom is -0.328 e. The number of rotatable bonds is 2. The molecule has 2 unspecified atom stereocenters. The summed E-state index contributed by atoms with van der Waals surface area (Å²) in [5.41, 5.74) is 7.07. The van der Waals surface area contributed by atoms with Gasteiger partial charge in [-0.3, -0.25) is 4.98 Å². The van der Waals surface area contributed by atoms with Gasteiger partial charge >= 0.3 is 0 Å². The zero-order valence-corrected chi connectivity index (χ0v) is 7.82. The smallest absolute Gasteiger partial charge is 0.0406 e. The molecule has 13 heavy (non-hydrogen) atoms. The molecule has 2 rings (SSSR count). The number of hydrogen-bond acceptors (Lipinski definition) is 2. The van der Waals surface area contributed by atoms with Crippen LogP contribution in [0.15, 0.2) is 24.4 Å². The van der Waals surface area contributed by atoms with E-state index in [1.54, 1.807) is 0 Å². The summed E-state index contributed by atoms with van der Waals surface area (Å²) in [6, 6.07) is 6.55. The SMILES string of the molecule is NC1CCC(Cc2ccccn2)C1. The van der Waals surface area contributed by atoms with E-state index in [4.69, 9.17) is 5.73 Å². The molecule has 1 aromatic heterocycles. The Balaban J connectivity index is 1.92. The van der Waals surface area contributed by atoms with Crippen LogP contribution in [0, 0.1) is 5.92 Å².